The Morgan fingerprint density at radius 3 is 2.24 bits per heavy atom. The van der Waals surface area contributed by atoms with E-state index in [0.717, 1.165) is 10.0 Å². The number of rotatable bonds is 2. The molecule has 0 radical (unpaired) electrons. The van der Waals surface area contributed by atoms with Crippen molar-refractivity contribution in [3.63, 3.8) is 0 Å². The van der Waals surface area contributed by atoms with Crippen LogP contribution in [0, 0.1) is 11.2 Å². The molecule has 1 spiro atoms. The van der Waals surface area contributed by atoms with Crippen molar-refractivity contribution in [2.75, 3.05) is 4.90 Å². The summed E-state index contributed by atoms with van der Waals surface area (Å²) >= 11 is 3.45. The molecule has 1 saturated heterocycles. The topological polar surface area (TPSA) is 54.5 Å². The van der Waals surface area contributed by atoms with Gasteiger partial charge in [0.15, 0.2) is 17.3 Å². The molecule has 6 rings (SSSR count). The lowest BCUT2D eigenvalue weighted by atomic mass is 9.64. The second-order valence-electron chi connectivity index (χ2n) is 9.07. The van der Waals surface area contributed by atoms with E-state index in [4.69, 9.17) is 0 Å². The largest absolute Gasteiger partial charge is 0.352 e. The Hall–Kier alpha value is -3.38. The quantitative estimate of drug-likeness (QED) is 0.416. The molecule has 2 heterocycles. The van der Waals surface area contributed by atoms with Crippen LogP contribution in [0.2, 0.25) is 0 Å². The maximum atomic E-state index is 14.2. The predicted molar refractivity (Wildman–Crippen MR) is 131 cm³/mol. The molecular formula is C28H19BrFNO3. The van der Waals surface area contributed by atoms with E-state index in [2.05, 4.69) is 15.9 Å². The first kappa shape index (κ1) is 21.2. The molecule has 0 N–H and O–H groups in total. The van der Waals surface area contributed by atoms with Gasteiger partial charge < -0.3 is 4.90 Å². The summed E-state index contributed by atoms with van der Waals surface area (Å²) in [5.74, 6) is -1.79. The highest BCUT2D eigenvalue weighted by Crippen LogP contribution is 2.60. The fraction of sp³-hybridized carbons (Fsp3) is 0.179. The second kappa shape index (κ2) is 7.31. The number of Topliss-reactive ketones (excluding diaryl/α,β-unsaturated/α-hetero) is 3. The van der Waals surface area contributed by atoms with E-state index >= 15 is 0 Å². The van der Waals surface area contributed by atoms with Crippen LogP contribution in [0.5, 0.6) is 0 Å². The van der Waals surface area contributed by atoms with Crippen molar-refractivity contribution in [2.24, 2.45) is 5.41 Å². The monoisotopic (exact) mass is 515 g/mol. The van der Waals surface area contributed by atoms with E-state index in [1.165, 1.54) is 19.1 Å². The second-order valence-corrected chi connectivity index (χ2v) is 9.99. The lowest BCUT2D eigenvalue weighted by Crippen LogP contribution is -2.48. The molecule has 0 saturated carbocycles. The number of halogens is 2. The van der Waals surface area contributed by atoms with Gasteiger partial charge in [0.05, 0.1) is 12.1 Å². The average Bonchev–Trinajstić information content (AvgIpc) is 3.26. The van der Waals surface area contributed by atoms with Crippen LogP contribution in [-0.4, -0.2) is 29.4 Å². The van der Waals surface area contributed by atoms with Gasteiger partial charge in [0.1, 0.15) is 11.2 Å². The molecule has 3 aromatic carbocycles. The molecule has 3 aromatic rings. The van der Waals surface area contributed by atoms with E-state index in [-0.39, 0.29) is 23.2 Å². The van der Waals surface area contributed by atoms with Gasteiger partial charge in [-0.1, -0.05) is 64.5 Å². The Morgan fingerprint density at radius 2 is 1.62 bits per heavy atom. The summed E-state index contributed by atoms with van der Waals surface area (Å²) in [7, 11) is 0. The van der Waals surface area contributed by atoms with E-state index in [1.54, 1.807) is 42.5 Å². The minimum atomic E-state index is -1.50. The van der Waals surface area contributed by atoms with Crippen LogP contribution in [-0.2, 0) is 4.79 Å². The van der Waals surface area contributed by atoms with Crippen LogP contribution in [0.1, 0.15) is 44.7 Å². The van der Waals surface area contributed by atoms with Gasteiger partial charge in [-0.3, -0.25) is 14.4 Å². The zero-order valence-corrected chi connectivity index (χ0v) is 19.8. The number of carbonyl (C=O) groups excluding carboxylic acids is 3. The fourth-order valence-corrected chi connectivity index (χ4v) is 6.41. The van der Waals surface area contributed by atoms with Crippen molar-refractivity contribution in [3.8, 4) is 0 Å². The predicted octanol–water partition coefficient (Wildman–Crippen LogP) is 5.61. The molecule has 0 aromatic heterocycles. The van der Waals surface area contributed by atoms with Crippen molar-refractivity contribution < 1.29 is 18.8 Å². The Morgan fingerprint density at radius 1 is 0.971 bits per heavy atom. The van der Waals surface area contributed by atoms with Crippen LogP contribution < -0.4 is 4.90 Å². The molecule has 0 amide bonds. The SMILES string of the molecule is CC(=O)C1C(c2ccc(Br)cc2)C2(C(=O)c3ccccc3C2=O)C2C=Cc3cc(F)ccc3N12. The Balaban J connectivity index is 1.68. The summed E-state index contributed by atoms with van der Waals surface area (Å²) in [5.41, 5.74) is 1.27. The molecule has 34 heavy (non-hydrogen) atoms. The third-order valence-corrected chi connectivity index (χ3v) is 7.94. The number of nitrogens with zero attached hydrogens (tertiary/aromatic N) is 1. The normalized spacial score (nSPS) is 23.7. The van der Waals surface area contributed by atoms with E-state index in [9.17, 15) is 18.8 Å². The molecule has 2 aliphatic heterocycles. The average molecular weight is 516 g/mol. The fourth-order valence-electron chi connectivity index (χ4n) is 6.14. The van der Waals surface area contributed by atoms with Gasteiger partial charge in [-0.05, 0) is 42.8 Å². The lowest BCUT2D eigenvalue weighted by Gasteiger charge is -2.37. The number of ketones is 3. The third kappa shape index (κ3) is 2.60. The molecule has 3 aliphatic rings. The maximum absolute atomic E-state index is 14.2. The van der Waals surface area contributed by atoms with Crippen molar-refractivity contribution >= 4 is 45.0 Å². The summed E-state index contributed by atoms with van der Waals surface area (Å²) in [5, 5.41) is 0. The van der Waals surface area contributed by atoms with E-state index in [0.29, 0.717) is 22.4 Å². The van der Waals surface area contributed by atoms with E-state index in [1.807, 2.05) is 29.2 Å². The molecule has 1 aliphatic carbocycles. The van der Waals surface area contributed by atoms with Crippen molar-refractivity contribution in [3.05, 3.63) is 105 Å². The van der Waals surface area contributed by atoms with Crippen LogP contribution in [0.4, 0.5) is 10.1 Å². The number of hydrogen-bond donors (Lipinski definition) is 0. The minimum Gasteiger partial charge on any atom is -0.352 e. The van der Waals surface area contributed by atoms with Gasteiger partial charge in [0.25, 0.3) is 0 Å². The maximum Gasteiger partial charge on any atom is 0.180 e. The number of anilines is 1. The molecule has 0 bridgehead atoms. The van der Waals surface area contributed by atoms with Crippen LogP contribution in [0.25, 0.3) is 6.08 Å². The first-order chi connectivity index (χ1) is 16.4. The Kier molecular flexibility index (Phi) is 4.55. The molecule has 6 heteroatoms. The smallest absolute Gasteiger partial charge is 0.180 e. The molecular weight excluding hydrogens is 497 g/mol. The number of carbonyl (C=O) groups is 3. The van der Waals surface area contributed by atoms with Gasteiger partial charge in [0, 0.05) is 32.8 Å². The molecule has 3 unspecified atom stereocenters. The number of benzene rings is 3. The van der Waals surface area contributed by atoms with Gasteiger partial charge in [0.2, 0.25) is 0 Å². The van der Waals surface area contributed by atoms with Crippen molar-refractivity contribution in [1.29, 1.82) is 0 Å². The van der Waals surface area contributed by atoms with Gasteiger partial charge in [-0.25, -0.2) is 4.39 Å². The van der Waals surface area contributed by atoms with Crippen molar-refractivity contribution in [2.45, 2.75) is 24.9 Å². The summed E-state index contributed by atoms with van der Waals surface area (Å²) in [4.78, 5) is 43.6. The van der Waals surface area contributed by atoms with Crippen LogP contribution >= 0.6 is 15.9 Å². The lowest BCUT2D eigenvalue weighted by molar-refractivity contribution is -0.118. The zero-order valence-electron chi connectivity index (χ0n) is 18.2. The molecule has 1 fully saturated rings. The first-order valence-corrected chi connectivity index (χ1v) is 11.9. The molecule has 168 valence electrons. The number of fused-ring (bicyclic) bond motifs is 5. The summed E-state index contributed by atoms with van der Waals surface area (Å²) in [6.45, 7) is 1.49. The Bertz CT molecular complexity index is 1390. The zero-order chi connectivity index (χ0) is 23.8. The molecule has 4 nitrogen and oxygen atoms in total. The van der Waals surface area contributed by atoms with Gasteiger partial charge >= 0.3 is 0 Å². The van der Waals surface area contributed by atoms with E-state index < -0.39 is 23.4 Å². The van der Waals surface area contributed by atoms with Crippen LogP contribution in [0.15, 0.2) is 77.3 Å². The highest BCUT2D eigenvalue weighted by atomic mass is 79.9. The standard InChI is InChI=1S/C28H19BrFNO3/c1-15(32)25-24(16-6-9-18(29)10-7-16)28(26(33)20-4-2-3-5-21(20)27(28)34)23-13-8-17-14-19(30)11-12-22(17)31(23)25/h2-14,23-25H,1H3. The minimum absolute atomic E-state index is 0.156. The van der Waals surface area contributed by atoms with Gasteiger partial charge in [-0.15, -0.1) is 0 Å². The third-order valence-electron chi connectivity index (χ3n) is 7.41. The summed E-state index contributed by atoms with van der Waals surface area (Å²) in [6.07, 6.45) is 3.55. The Labute approximate surface area is 204 Å². The highest BCUT2D eigenvalue weighted by Gasteiger charge is 2.71. The van der Waals surface area contributed by atoms with Gasteiger partial charge in [-0.2, -0.15) is 0 Å². The van der Waals surface area contributed by atoms with Crippen molar-refractivity contribution in [1.82, 2.24) is 0 Å². The summed E-state index contributed by atoms with van der Waals surface area (Å²) in [6, 6.07) is 17.2. The van der Waals surface area contributed by atoms with Crippen LogP contribution in [0.3, 0.4) is 0 Å². The highest BCUT2D eigenvalue weighted by molar-refractivity contribution is 9.10. The summed E-state index contributed by atoms with van der Waals surface area (Å²) < 4.78 is 14.9. The first-order valence-electron chi connectivity index (χ1n) is 11.1. The number of hydrogen-bond acceptors (Lipinski definition) is 4. The molecule has 3 atom stereocenters.